The van der Waals surface area contributed by atoms with Gasteiger partial charge in [-0.25, -0.2) is 0 Å². The summed E-state index contributed by atoms with van der Waals surface area (Å²) in [5, 5.41) is 0. The lowest BCUT2D eigenvalue weighted by Crippen LogP contribution is -1.88. The van der Waals surface area contributed by atoms with Gasteiger partial charge in [-0.15, -0.1) is 0 Å². The Bertz CT molecular complexity index is 607. The molecule has 0 atom stereocenters. The smallest absolute Gasteiger partial charge is 0.00135 e. The molecule has 0 aromatic heterocycles. The first-order valence-electron chi connectivity index (χ1n) is 6.65. The molecule has 0 bridgehead atoms. The second-order valence-corrected chi connectivity index (χ2v) is 4.64. The number of benzene rings is 1. The average Bonchev–Trinajstić information content (AvgIpc) is 2.78. The second-order valence-electron chi connectivity index (χ2n) is 4.64. The molecular formula is C19H20. The van der Waals surface area contributed by atoms with Gasteiger partial charge in [0, 0.05) is 0 Å². The summed E-state index contributed by atoms with van der Waals surface area (Å²) in [4.78, 5) is 0. The Labute approximate surface area is 116 Å². The number of fused-ring (bicyclic) bond motifs is 1. The summed E-state index contributed by atoms with van der Waals surface area (Å²) >= 11 is 0. The van der Waals surface area contributed by atoms with Crippen LogP contribution in [-0.2, 0) is 6.42 Å². The first kappa shape index (κ1) is 13.4. The second kappa shape index (κ2) is 5.71. The molecule has 0 saturated heterocycles. The molecule has 1 aromatic rings. The molecule has 1 aromatic carbocycles. The SMILES string of the molecule is C=CC1=C(/C=C\C)c2ccc(/C(C=C)=C/C)cc2C1. The molecule has 0 saturated carbocycles. The first-order chi connectivity index (χ1) is 9.24. The minimum Gasteiger partial charge on any atom is -0.0988 e. The summed E-state index contributed by atoms with van der Waals surface area (Å²) in [7, 11) is 0. The van der Waals surface area contributed by atoms with Gasteiger partial charge in [0.2, 0.25) is 0 Å². The summed E-state index contributed by atoms with van der Waals surface area (Å²) < 4.78 is 0. The highest BCUT2D eigenvalue weighted by atomic mass is 14.2. The number of rotatable bonds is 4. The predicted molar refractivity (Wildman–Crippen MR) is 85.9 cm³/mol. The number of hydrogen-bond acceptors (Lipinski definition) is 0. The van der Waals surface area contributed by atoms with E-state index in [0.717, 1.165) is 6.42 Å². The Balaban J connectivity index is 2.50. The van der Waals surface area contributed by atoms with E-state index in [9.17, 15) is 0 Å². The molecule has 0 spiro atoms. The Morgan fingerprint density at radius 2 is 2.00 bits per heavy atom. The van der Waals surface area contributed by atoms with Crippen molar-refractivity contribution in [3.05, 3.63) is 84.0 Å². The van der Waals surface area contributed by atoms with E-state index in [1.54, 1.807) is 0 Å². The monoisotopic (exact) mass is 248 g/mol. The highest BCUT2D eigenvalue weighted by molar-refractivity contribution is 5.86. The Morgan fingerprint density at radius 1 is 1.21 bits per heavy atom. The highest BCUT2D eigenvalue weighted by Crippen LogP contribution is 2.35. The minimum atomic E-state index is 0.973. The summed E-state index contributed by atoms with van der Waals surface area (Å²) in [6, 6.07) is 6.65. The Kier molecular flexibility index (Phi) is 4.01. The fourth-order valence-corrected chi connectivity index (χ4v) is 2.60. The quantitative estimate of drug-likeness (QED) is 0.630. The lowest BCUT2D eigenvalue weighted by atomic mass is 9.98. The summed E-state index contributed by atoms with van der Waals surface area (Å²) in [5.74, 6) is 0. The van der Waals surface area contributed by atoms with Crippen LogP contribution in [0.4, 0.5) is 0 Å². The van der Waals surface area contributed by atoms with E-state index in [0.29, 0.717) is 0 Å². The van der Waals surface area contributed by atoms with Gasteiger partial charge in [0.05, 0.1) is 0 Å². The molecule has 0 N–H and O–H groups in total. The molecule has 0 heterocycles. The summed E-state index contributed by atoms with van der Waals surface area (Å²) in [5.41, 5.74) is 7.74. The summed E-state index contributed by atoms with van der Waals surface area (Å²) in [6.45, 7) is 11.9. The molecule has 19 heavy (non-hydrogen) atoms. The average molecular weight is 248 g/mol. The topological polar surface area (TPSA) is 0 Å². The van der Waals surface area contributed by atoms with Gasteiger partial charge in [0.25, 0.3) is 0 Å². The van der Waals surface area contributed by atoms with Crippen LogP contribution in [0.15, 0.2) is 67.3 Å². The maximum Gasteiger partial charge on any atom is -0.00135 e. The highest BCUT2D eigenvalue weighted by Gasteiger charge is 2.18. The van der Waals surface area contributed by atoms with E-state index < -0.39 is 0 Å². The summed E-state index contributed by atoms with van der Waals surface area (Å²) in [6.07, 6.45) is 11.2. The van der Waals surface area contributed by atoms with Crippen LogP contribution in [0.2, 0.25) is 0 Å². The Hall–Kier alpha value is -2.08. The van der Waals surface area contributed by atoms with Crippen LogP contribution in [0.1, 0.15) is 30.5 Å². The van der Waals surface area contributed by atoms with Crippen molar-refractivity contribution in [3.63, 3.8) is 0 Å². The van der Waals surface area contributed by atoms with Crippen molar-refractivity contribution in [2.75, 3.05) is 0 Å². The van der Waals surface area contributed by atoms with Crippen LogP contribution in [0, 0.1) is 0 Å². The molecule has 1 aliphatic carbocycles. The molecule has 1 aliphatic rings. The first-order valence-corrected chi connectivity index (χ1v) is 6.65. The van der Waals surface area contributed by atoms with Crippen molar-refractivity contribution >= 4 is 11.1 Å². The van der Waals surface area contributed by atoms with Crippen LogP contribution in [0.25, 0.3) is 11.1 Å². The van der Waals surface area contributed by atoms with Crippen molar-refractivity contribution in [2.45, 2.75) is 20.3 Å². The normalized spacial score (nSPS) is 14.9. The van der Waals surface area contributed by atoms with Crippen molar-refractivity contribution < 1.29 is 0 Å². The van der Waals surface area contributed by atoms with Gasteiger partial charge in [-0.2, -0.15) is 0 Å². The van der Waals surface area contributed by atoms with Crippen LogP contribution in [-0.4, -0.2) is 0 Å². The van der Waals surface area contributed by atoms with Crippen LogP contribution in [0.3, 0.4) is 0 Å². The van der Waals surface area contributed by atoms with E-state index in [2.05, 4.69) is 56.5 Å². The van der Waals surface area contributed by atoms with Crippen LogP contribution in [0.5, 0.6) is 0 Å². The van der Waals surface area contributed by atoms with E-state index in [4.69, 9.17) is 0 Å². The minimum absolute atomic E-state index is 0.973. The van der Waals surface area contributed by atoms with Gasteiger partial charge in [0.1, 0.15) is 0 Å². The lowest BCUT2D eigenvalue weighted by Gasteiger charge is -2.06. The van der Waals surface area contributed by atoms with Crippen molar-refractivity contribution in [2.24, 2.45) is 0 Å². The maximum atomic E-state index is 3.93. The number of hydrogen-bond donors (Lipinski definition) is 0. The standard InChI is InChI=1S/C19H20/c1-5-9-18-15(8-4)12-17-13-16(10-11-19(17)18)14(6-2)7-3/h5-11,13H,2,4,12H2,1,3H3/b9-5-,14-7+. The molecule has 0 aliphatic heterocycles. The maximum absolute atomic E-state index is 3.93. The molecule has 0 heteroatoms. The Morgan fingerprint density at radius 3 is 2.58 bits per heavy atom. The van der Waals surface area contributed by atoms with E-state index in [-0.39, 0.29) is 0 Å². The zero-order chi connectivity index (χ0) is 13.8. The van der Waals surface area contributed by atoms with E-state index in [1.165, 1.54) is 33.4 Å². The van der Waals surface area contributed by atoms with Crippen LogP contribution >= 0.6 is 0 Å². The van der Waals surface area contributed by atoms with Gasteiger partial charge in [-0.3, -0.25) is 0 Å². The van der Waals surface area contributed by atoms with Crippen molar-refractivity contribution in [1.82, 2.24) is 0 Å². The van der Waals surface area contributed by atoms with Crippen molar-refractivity contribution in [1.29, 1.82) is 0 Å². The fourth-order valence-electron chi connectivity index (χ4n) is 2.60. The predicted octanol–water partition coefficient (Wildman–Crippen LogP) is 5.35. The molecule has 0 amide bonds. The zero-order valence-electron chi connectivity index (χ0n) is 11.7. The largest absolute Gasteiger partial charge is 0.0988 e. The molecule has 0 fully saturated rings. The molecule has 0 nitrogen and oxygen atoms in total. The van der Waals surface area contributed by atoms with E-state index >= 15 is 0 Å². The fraction of sp³-hybridized carbons (Fsp3) is 0.158. The third-order valence-electron chi connectivity index (χ3n) is 3.57. The third kappa shape index (κ3) is 2.39. The molecule has 2 rings (SSSR count). The van der Waals surface area contributed by atoms with Gasteiger partial charge in [-0.1, -0.05) is 61.7 Å². The van der Waals surface area contributed by atoms with E-state index in [1.807, 2.05) is 19.1 Å². The lowest BCUT2D eigenvalue weighted by molar-refractivity contribution is 1.24. The van der Waals surface area contributed by atoms with Crippen LogP contribution < -0.4 is 0 Å². The van der Waals surface area contributed by atoms with Gasteiger partial charge < -0.3 is 0 Å². The third-order valence-corrected chi connectivity index (χ3v) is 3.57. The molecule has 0 unspecified atom stereocenters. The molecular weight excluding hydrogens is 228 g/mol. The molecule has 0 radical (unpaired) electrons. The van der Waals surface area contributed by atoms with Gasteiger partial charge in [0.15, 0.2) is 0 Å². The van der Waals surface area contributed by atoms with Gasteiger partial charge >= 0.3 is 0 Å². The molecule has 96 valence electrons. The number of allylic oxidation sites excluding steroid dienone is 8. The van der Waals surface area contributed by atoms with Gasteiger partial charge in [-0.05, 0) is 53.7 Å². The zero-order valence-corrected chi connectivity index (χ0v) is 11.7. The van der Waals surface area contributed by atoms with Crippen molar-refractivity contribution in [3.8, 4) is 0 Å².